The summed E-state index contributed by atoms with van der Waals surface area (Å²) in [6, 6.07) is 5.05. The molecule has 0 radical (unpaired) electrons. The van der Waals surface area contributed by atoms with Crippen LogP contribution in [0.2, 0.25) is 10.0 Å². The van der Waals surface area contributed by atoms with Crippen LogP contribution in [0.25, 0.3) is 0 Å². The van der Waals surface area contributed by atoms with Gasteiger partial charge in [0.15, 0.2) is 0 Å². The van der Waals surface area contributed by atoms with Crippen LogP contribution in [-0.4, -0.2) is 17.9 Å². The van der Waals surface area contributed by atoms with Crippen LogP contribution in [0.4, 0.5) is 5.69 Å². The topological polar surface area (TPSA) is 46.3 Å². The molecule has 0 bridgehead atoms. The summed E-state index contributed by atoms with van der Waals surface area (Å²) in [5, 5.41) is 2.53. The van der Waals surface area contributed by atoms with Crippen molar-refractivity contribution in [2.45, 2.75) is 6.54 Å². The number of anilines is 1. The lowest BCUT2D eigenvalue weighted by atomic mass is 10.1. The van der Waals surface area contributed by atoms with E-state index in [1.165, 1.54) is 12.1 Å². The Hall–Kier alpha value is -0.750. The number of nitrogens with zero attached hydrogens (tertiary/aromatic N) is 1. The number of nitrogen functional groups attached to an aromatic ring is 1. The van der Waals surface area contributed by atoms with Crippen LogP contribution in [0.1, 0.15) is 15.2 Å². The van der Waals surface area contributed by atoms with Gasteiger partial charge in [-0.1, -0.05) is 23.2 Å². The minimum Gasteiger partial charge on any atom is -0.397 e. The van der Waals surface area contributed by atoms with E-state index in [0.29, 0.717) is 17.8 Å². The maximum Gasteiger partial charge on any atom is 0.254 e. The average molecular weight is 394 g/mol. The van der Waals surface area contributed by atoms with Crippen molar-refractivity contribution in [2.24, 2.45) is 0 Å². The first kappa shape index (κ1) is 15.6. The summed E-state index contributed by atoms with van der Waals surface area (Å²) >= 11 is 16.8. The van der Waals surface area contributed by atoms with Gasteiger partial charge < -0.3 is 10.6 Å². The van der Waals surface area contributed by atoms with Crippen LogP contribution in [0.15, 0.2) is 28.1 Å². The lowest BCUT2D eigenvalue weighted by Gasteiger charge is -2.17. The number of rotatable bonds is 3. The van der Waals surface area contributed by atoms with Crippen LogP contribution >= 0.6 is 50.5 Å². The van der Waals surface area contributed by atoms with E-state index in [1.54, 1.807) is 23.3 Å². The van der Waals surface area contributed by atoms with E-state index in [-0.39, 0.29) is 16.0 Å². The molecule has 2 aromatic rings. The number of hydrogen-bond acceptors (Lipinski definition) is 3. The highest BCUT2D eigenvalue weighted by Crippen LogP contribution is 2.30. The van der Waals surface area contributed by atoms with E-state index in [1.807, 2.05) is 11.4 Å². The highest BCUT2D eigenvalue weighted by Gasteiger charge is 2.16. The molecule has 1 aromatic carbocycles. The summed E-state index contributed by atoms with van der Waals surface area (Å²) in [6.45, 7) is 0.523. The molecule has 0 atom stereocenters. The normalized spacial score (nSPS) is 10.6. The molecule has 0 spiro atoms. The van der Waals surface area contributed by atoms with Crippen LogP contribution in [0, 0.1) is 0 Å². The number of carbonyl (C=O) groups excluding carboxylic acids is 1. The molecule has 1 aromatic heterocycles. The average Bonchev–Trinajstić information content (AvgIpc) is 2.79. The van der Waals surface area contributed by atoms with Crippen molar-refractivity contribution in [1.82, 2.24) is 4.90 Å². The smallest absolute Gasteiger partial charge is 0.254 e. The fraction of sp³-hybridized carbons (Fsp3) is 0.154. The molecule has 0 unspecified atom stereocenters. The molecule has 2 rings (SSSR count). The summed E-state index contributed by atoms with van der Waals surface area (Å²) in [5.41, 5.74) is 6.45. The van der Waals surface area contributed by atoms with Gasteiger partial charge in [0.2, 0.25) is 0 Å². The first-order chi connectivity index (χ1) is 9.38. The van der Waals surface area contributed by atoms with Crippen molar-refractivity contribution in [2.75, 3.05) is 12.8 Å². The van der Waals surface area contributed by atoms with Crippen LogP contribution in [-0.2, 0) is 6.54 Å². The van der Waals surface area contributed by atoms with Crippen LogP contribution in [0.3, 0.4) is 0 Å². The second kappa shape index (κ2) is 6.35. The summed E-state index contributed by atoms with van der Waals surface area (Å²) in [7, 11) is 1.73. The van der Waals surface area contributed by atoms with Gasteiger partial charge in [0.1, 0.15) is 0 Å². The molecule has 2 N–H and O–H groups in total. The minimum atomic E-state index is -0.153. The first-order valence-electron chi connectivity index (χ1n) is 5.61. The molecule has 3 nitrogen and oxygen atoms in total. The predicted molar refractivity (Wildman–Crippen MR) is 88.7 cm³/mol. The number of halogens is 3. The van der Waals surface area contributed by atoms with Gasteiger partial charge >= 0.3 is 0 Å². The number of amides is 1. The predicted octanol–water partition coefficient (Wildman–Crippen LogP) is 4.67. The molecule has 0 aliphatic carbocycles. The van der Waals surface area contributed by atoms with Crippen molar-refractivity contribution < 1.29 is 4.79 Å². The zero-order valence-electron chi connectivity index (χ0n) is 10.5. The number of nitrogens with two attached hydrogens (primary N) is 1. The Morgan fingerprint density at radius 3 is 2.65 bits per heavy atom. The number of carbonyl (C=O) groups is 1. The number of benzene rings is 1. The monoisotopic (exact) mass is 392 g/mol. The lowest BCUT2D eigenvalue weighted by Crippen LogP contribution is -2.25. The van der Waals surface area contributed by atoms with E-state index in [0.717, 1.165) is 9.35 Å². The molecule has 106 valence electrons. The lowest BCUT2D eigenvalue weighted by molar-refractivity contribution is 0.0786. The van der Waals surface area contributed by atoms with E-state index >= 15 is 0 Å². The summed E-state index contributed by atoms with van der Waals surface area (Å²) < 4.78 is 1.01. The Morgan fingerprint density at radius 1 is 1.40 bits per heavy atom. The molecule has 0 saturated carbocycles. The fourth-order valence-corrected chi connectivity index (χ4v) is 3.54. The first-order valence-corrected chi connectivity index (χ1v) is 8.04. The van der Waals surface area contributed by atoms with Crippen molar-refractivity contribution in [3.8, 4) is 0 Å². The standard InChI is InChI=1S/C13H11BrCl2N2OS/c1-18(5-9-4-8(14)6-20-9)13(19)7-2-10(15)12(16)11(17)3-7/h2-4,6H,5,17H2,1H3. The third-order valence-corrected chi connectivity index (χ3v) is 5.16. The van der Waals surface area contributed by atoms with Gasteiger partial charge in [-0.05, 0) is 34.1 Å². The van der Waals surface area contributed by atoms with Crippen LogP contribution in [0.5, 0.6) is 0 Å². The van der Waals surface area contributed by atoms with E-state index in [4.69, 9.17) is 28.9 Å². The van der Waals surface area contributed by atoms with Crippen molar-refractivity contribution in [3.63, 3.8) is 0 Å². The number of hydrogen-bond donors (Lipinski definition) is 1. The molecule has 0 aliphatic rings. The Labute approximate surface area is 139 Å². The maximum atomic E-state index is 12.3. The van der Waals surface area contributed by atoms with E-state index in [2.05, 4.69) is 15.9 Å². The summed E-state index contributed by atoms with van der Waals surface area (Å²) in [6.07, 6.45) is 0. The summed E-state index contributed by atoms with van der Waals surface area (Å²) in [5.74, 6) is -0.153. The zero-order valence-corrected chi connectivity index (χ0v) is 14.4. The van der Waals surface area contributed by atoms with Gasteiger partial charge in [0.05, 0.1) is 22.3 Å². The number of thiophene rings is 1. The van der Waals surface area contributed by atoms with Gasteiger partial charge in [-0.25, -0.2) is 0 Å². The molecule has 0 saturated heterocycles. The van der Waals surface area contributed by atoms with Crippen LogP contribution < -0.4 is 5.73 Å². The molecule has 1 amide bonds. The molecule has 1 heterocycles. The maximum absolute atomic E-state index is 12.3. The van der Waals surface area contributed by atoms with Gasteiger partial charge in [-0.15, -0.1) is 11.3 Å². The molecule has 7 heteroatoms. The fourth-order valence-electron chi connectivity index (χ4n) is 1.70. The molecular weight excluding hydrogens is 383 g/mol. The third-order valence-electron chi connectivity index (χ3n) is 2.66. The Balaban J connectivity index is 2.18. The van der Waals surface area contributed by atoms with Gasteiger partial charge in [-0.3, -0.25) is 4.79 Å². The second-order valence-electron chi connectivity index (χ2n) is 4.25. The van der Waals surface area contributed by atoms with Crippen molar-refractivity contribution >= 4 is 62.1 Å². The molecule has 20 heavy (non-hydrogen) atoms. The third kappa shape index (κ3) is 3.47. The van der Waals surface area contributed by atoms with E-state index in [9.17, 15) is 4.79 Å². The minimum absolute atomic E-state index is 0.153. The Kier molecular flexibility index (Phi) is 4.96. The van der Waals surface area contributed by atoms with Gasteiger partial charge in [0.25, 0.3) is 5.91 Å². The quantitative estimate of drug-likeness (QED) is 0.770. The van der Waals surface area contributed by atoms with Gasteiger partial charge in [-0.2, -0.15) is 0 Å². The Bertz CT molecular complexity index is 637. The van der Waals surface area contributed by atoms with E-state index < -0.39 is 0 Å². The Morgan fingerprint density at radius 2 is 2.10 bits per heavy atom. The molecular formula is C13H11BrCl2N2OS. The zero-order chi connectivity index (χ0) is 14.9. The largest absolute Gasteiger partial charge is 0.397 e. The van der Waals surface area contributed by atoms with Crippen molar-refractivity contribution in [3.05, 3.63) is 48.5 Å². The highest BCUT2D eigenvalue weighted by atomic mass is 79.9. The SMILES string of the molecule is CN(Cc1cc(Br)cs1)C(=O)c1cc(N)c(Cl)c(Cl)c1. The highest BCUT2D eigenvalue weighted by molar-refractivity contribution is 9.10. The molecule has 0 aliphatic heterocycles. The van der Waals surface area contributed by atoms with Crippen molar-refractivity contribution in [1.29, 1.82) is 0 Å². The summed E-state index contributed by atoms with van der Waals surface area (Å²) in [4.78, 5) is 15.0. The van der Waals surface area contributed by atoms with Gasteiger partial charge in [0, 0.05) is 27.3 Å². The molecule has 0 fully saturated rings. The second-order valence-corrected chi connectivity index (χ2v) is 6.95.